The molecule has 36 heavy (non-hydrogen) atoms. The van der Waals surface area contributed by atoms with Crippen LogP contribution in [-0.2, 0) is 4.79 Å². The van der Waals surface area contributed by atoms with Gasteiger partial charge < -0.3 is 13.9 Å². The van der Waals surface area contributed by atoms with Crippen LogP contribution in [0.4, 0.5) is 0 Å². The fraction of sp³-hybridized carbons (Fsp3) is 0.0769. The van der Waals surface area contributed by atoms with Gasteiger partial charge in [0.05, 0.1) is 39.1 Å². The summed E-state index contributed by atoms with van der Waals surface area (Å²) in [4.78, 5) is 29.5. The summed E-state index contributed by atoms with van der Waals surface area (Å²) in [7, 11) is 1.58. The Labute approximate surface area is 217 Å². The molecule has 2 heterocycles. The standard InChI is InChI=1S/C26H17BrClN3O5/c1-14(32)35-24-18(27)10-15(11-19(24)28)13-29-31-25(30-20-7-4-3-6-16(20)26(31)33)23-12-17-21(34-2)8-5-9-22(17)36-23/h3-13H,1-2H3. The van der Waals surface area contributed by atoms with Gasteiger partial charge in [0.25, 0.3) is 5.56 Å². The summed E-state index contributed by atoms with van der Waals surface area (Å²) in [5.74, 6) is 0.893. The minimum Gasteiger partial charge on any atom is -0.496 e. The van der Waals surface area contributed by atoms with Crippen LogP contribution in [0.1, 0.15) is 12.5 Å². The third-order valence-corrected chi connectivity index (χ3v) is 6.17. The number of carbonyl (C=O) groups excluding carboxylic acids is 1. The van der Waals surface area contributed by atoms with Crippen LogP contribution in [0, 0.1) is 0 Å². The SMILES string of the molecule is COc1cccc2oc(-c3nc4ccccc4c(=O)n3N=Cc3cc(Cl)c(OC(C)=O)c(Br)c3)cc12. The molecule has 0 amide bonds. The average Bonchev–Trinajstić information content (AvgIpc) is 3.30. The molecule has 0 aliphatic rings. The molecular formula is C26H17BrClN3O5. The van der Waals surface area contributed by atoms with Crippen molar-refractivity contribution >= 4 is 61.6 Å². The lowest BCUT2D eigenvalue weighted by Crippen LogP contribution is -2.20. The molecule has 3 aromatic carbocycles. The van der Waals surface area contributed by atoms with Crippen LogP contribution in [0.3, 0.4) is 0 Å². The Morgan fingerprint density at radius 1 is 1.14 bits per heavy atom. The van der Waals surface area contributed by atoms with Crippen molar-refractivity contribution in [3.8, 4) is 23.1 Å². The first-order valence-electron chi connectivity index (χ1n) is 10.7. The van der Waals surface area contributed by atoms with E-state index in [4.69, 9.17) is 25.5 Å². The number of benzene rings is 3. The van der Waals surface area contributed by atoms with E-state index in [1.165, 1.54) is 17.8 Å². The van der Waals surface area contributed by atoms with E-state index < -0.39 is 5.97 Å². The molecule has 10 heteroatoms. The predicted molar refractivity (Wildman–Crippen MR) is 141 cm³/mol. The molecule has 0 fully saturated rings. The van der Waals surface area contributed by atoms with Gasteiger partial charge in [0.15, 0.2) is 11.5 Å². The van der Waals surface area contributed by atoms with Gasteiger partial charge >= 0.3 is 5.97 Å². The lowest BCUT2D eigenvalue weighted by molar-refractivity contribution is -0.131. The number of esters is 1. The Balaban J connectivity index is 1.68. The number of fused-ring (bicyclic) bond motifs is 2. The van der Waals surface area contributed by atoms with E-state index in [0.29, 0.717) is 38.0 Å². The second kappa shape index (κ2) is 9.60. The van der Waals surface area contributed by atoms with Crippen molar-refractivity contribution in [3.63, 3.8) is 0 Å². The normalized spacial score (nSPS) is 11.4. The third-order valence-electron chi connectivity index (χ3n) is 5.30. The number of methoxy groups -OCH3 is 1. The highest BCUT2D eigenvalue weighted by Gasteiger charge is 2.18. The first kappa shape index (κ1) is 23.8. The molecule has 8 nitrogen and oxygen atoms in total. The van der Waals surface area contributed by atoms with Gasteiger partial charge in [0.1, 0.15) is 11.3 Å². The van der Waals surface area contributed by atoms with Crippen molar-refractivity contribution in [3.05, 3.63) is 86.1 Å². The molecule has 0 spiro atoms. The molecule has 5 rings (SSSR count). The molecule has 0 bridgehead atoms. The number of furan rings is 1. The van der Waals surface area contributed by atoms with Crippen LogP contribution in [0.2, 0.25) is 5.02 Å². The zero-order valence-corrected chi connectivity index (χ0v) is 21.3. The van der Waals surface area contributed by atoms with E-state index in [9.17, 15) is 9.59 Å². The molecule has 0 radical (unpaired) electrons. The molecule has 0 unspecified atom stereocenters. The number of hydrogen-bond donors (Lipinski definition) is 0. The highest BCUT2D eigenvalue weighted by atomic mass is 79.9. The van der Waals surface area contributed by atoms with Gasteiger partial charge in [-0.25, -0.2) is 4.98 Å². The second-order valence-electron chi connectivity index (χ2n) is 7.70. The maximum Gasteiger partial charge on any atom is 0.308 e. The molecule has 0 saturated carbocycles. The number of halogens is 2. The van der Waals surface area contributed by atoms with Crippen molar-refractivity contribution in [2.45, 2.75) is 6.92 Å². The van der Waals surface area contributed by atoms with Crippen LogP contribution in [0.5, 0.6) is 11.5 Å². The van der Waals surface area contributed by atoms with Gasteiger partial charge in [0, 0.05) is 6.92 Å². The summed E-state index contributed by atoms with van der Waals surface area (Å²) in [6.45, 7) is 1.28. The van der Waals surface area contributed by atoms with E-state index in [2.05, 4.69) is 26.0 Å². The zero-order valence-electron chi connectivity index (χ0n) is 19.0. The number of nitrogens with zero attached hydrogens (tertiary/aromatic N) is 3. The molecule has 2 aromatic heterocycles. The van der Waals surface area contributed by atoms with E-state index >= 15 is 0 Å². The summed E-state index contributed by atoms with van der Waals surface area (Å²) in [6, 6.07) is 17.4. The fourth-order valence-corrected chi connectivity index (χ4v) is 4.67. The lowest BCUT2D eigenvalue weighted by Gasteiger charge is -2.09. The second-order valence-corrected chi connectivity index (χ2v) is 8.97. The monoisotopic (exact) mass is 565 g/mol. The van der Waals surface area contributed by atoms with Gasteiger partial charge in [-0.1, -0.05) is 29.8 Å². The first-order valence-corrected chi connectivity index (χ1v) is 11.8. The molecular weight excluding hydrogens is 550 g/mol. The Morgan fingerprint density at radius 3 is 2.69 bits per heavy atom. The molecule has 180 valence electrons. The van der Waals surface area contributed by atoms with Crippen molar-refractivity contribution in [2.24, 2.45) is 5.10 Å². The largest absolute Gasteiger partial charge is 0.496 e. The Hall–Kier alpha value is -3.95. The van der Waals surface area contributed by atoms with E-state index in [1.54, 1.807) is 55.6 Å². The van der Waals surface area contributed by atoms with Crippen molar-refractivity contribution in [1.82, 2.24) is 9.66 Å². The van der Waals surface area contributed by atoms with Crippen molar-refractivity contribution in [1.29, 1.82) is 0 Å². The minimum absolute atomic E-state index is 0.197. The number of carbonyl (C=O) groups is 1. The molecule has 0 saturated heterocycles. The molecule has 0 aliphatic carbocycles. The molecule has 0 atom stereocenters. The predicted octanol–water partition coefficient (Wildman–Crippen LogP) is 6.04. The molecule has 5 aromatic rings. The van der Waals surface area contributed by atoms with E-state index in [0.717, 1.165) is 5.39 Å². The summed E-state index contributed by atoms with van der Waals surface area (Å²) >= 11 is 9.65. The maximum atomic E-state index is 13.4. The van der Waals surface area contributed by atoms with Gasteiger partial charge in [0.2, 0.25) is 5.82 Å². The summed E-state index contributed by atoms with van der Waals surface area (Å²) in [6.07, 6.45) is 1.46. The quantitative estimate of drug-likeness (QED) is 0.146. The van der Waals surface area contributed by atoms with Gasteiger partial charge in [-0.05, 0) is 64.0 Å². The minimum atomic E-state index is -0.500. The van der Waals surface area contributed by atoms with Crippen LogP contribution in [-0.4, -0.2) is 29.0 Å². The summed E-state index contributed by atoms with van der Waals surface area (Å²) in [5.41, 5.74) is 1.27. The third kappa shape index (κ3) is 4.38. The Bertz CT molecular complexity index is 1720. The number of aromatic nitrogens is 2. The van der Waals surface area contributed by atoms with Gasteiger partial charge in [-0.15, -0.1) is 0 Å². The number of hydrogen-bond acceptors (Lipinski definition) is 7. The summed E-state index contributed by atoms with van der Waals surface area (Å²) in [5, 5.41) is 5.77. The van der Waals surface area contributed by atoms with Crippen LogP contribution in [0.15, 0.2) is 79.4 Å². The number of para-hydroxylation sites is 1. The van der Waals surface area contributed by atoms with Crippen LogP contribution < -0.4 is 15.0 Å². The molecule has 0 aliphatic heterocycles. The average molecular weight is 567 g/mol. The Kier molecular flexibility index (Phi) is 6.34. The molecule has 0 N–H and O–H groups in total. The van der Waals surface area contributed by atoms with Crippen molar-refractivity contribution < 1.29 is 18.7 Å². The van der Waals surface area contributed by atoms with Gasteiger partial charge in [-0.2, -0.15) is 9.78 Å². The smallest absolute Gasteiger partial charge is 0.308 e. The summed E-state index contributed by atoms with van der Waals surface area (Å²) < 4.78 is 18.2. The zero-order chi connectivity index (χ0) is 25.4. The first-order chi connectivity index (χ1) is 17.4. The lowest BCUT2D eigenvalue weighted by atomic mass is 10.2. The van der Waals surface area contributed by atoms with Crippen LogP contribution >= 0.6 is 27.5 Å². The highest BCUT2D eigenvalue weighted by molar-refractivity contribution is 9.10. The maximum absolute atomic E-state index is 13.4. The fourth-order valence-electron chi connectivity index (χ4n) is 3.73. The topological polar surface area (TPSA) is 95.9 Å². The van der Waals surface area contributed by atoms with Gasteiger partial charge in [-0.3, -0.25) is 9.59 Å². The van der Waals surface area contributed by atoms with E-state index in [-0.39, 0.29) is 22.2 Å². The van der Waals surface area contributed by atoms with E-state index in [1.807, 2.05) is 12.1 Å². The number of rotatable bonds is 5. The highest BCUT2D eigenvalue weighted by Crippen LogP contribution is 2.35. The van der Waals surface area contributed by atoms with Crippen molar-refractivity contribution in [2.75, 3.05) is 7.11 Å². The number of ether oxygens (including phenoxy) is 2. The van der Waals surface area contributed by atoms with Crippen LogP contribution in [0.25, 0.3) is 33.5 Å². The Morgan fingerprint density at radius 2 is 1.94 bits per heavy atom.